The Hall–Kier alpha value is -1.000. The van der Waals surface area contributed by atoms with Gasteiger partial charge in [-0.2, -0.15) is 0 Å². The predicted molar refractivity (Wildman–Crippen MR) is 80.3 cm³/mol. The van der Waals surface area contributed by atoms with Gasteiger partial charge in [0.2, 0.25) is 0 Å². The molecule has 0 unspecified atom stereocenters. The van der Waals surface area contributed by atoms with E-state index in [1.54, 1.807) is 0 Å². The van der Waals surface area contributed by atoms with Gasteiger partial charge in [-0.3, -0.25) is 0 Å². The van der Waals surface area contributed by atoms with Crippen molar-refractivity contribution in [1.82, 2.24) is 9.88 Å². The summed E-state index contributed by atoms with van der Waals surface area (Å²) >= 11 is 3.56. The molecule has 18 heavy (non-hydrogen) atoms. The molecule has 0 bridgehead atoms. The number of piperazine rings is 1. The number of hydrogen-bond donors (Lipinski definition) is 1. The first-order valence-corrected chi connectivity index (χ1v) is 7.31. The van der Waals surface area contributed by atoms with E-state index < -0.39 is 0 Å². The molecular formula is C14H18BrN3. The van der Waals surface area contributed by atoms with E-state index in [1.807, 2.05) is 0 Å². The van der Waals surface area contributed by atoms with Crippen LogP contribution in [0.15, 0.2) is 28.9 Å². The molecule has 1 saturated heterocycles. The third-order valence-electron chi connectivity index (χ3n) is 3.78. The van der Waals surface area contributed by atoms with Gasteiger partial charge in [0, 0.05) is 47.8 Å². The Labute approximate surface area is 116 Å². The maximum Gasteiger partial charge on any atom is 0.0625 e. The smallest absolute Gasteiger partial charge is 0.0625 e. The van der Waals surface area contributed by atoms with Crippen molar-refractivity contribution in [3.8, 4) is 0 Å². The van der Waals surface area contributed by atoms with Gasteiger partial charge in [0.25, 0.3) is 0 Å². The van der Waals surface area contributed by atoms with Gasteiger partial charge in [0.1, 0.15) is 0 Å². The monoisotopic (exact) mass is 307 g/mol. The lowest BCUT2D eigenvalue weighted by Crippen LogP contribution is -2.46. The van der Waals surface area contributed by atoms with Crippen molar-refractivity contribution in [2.75, 3.05) is 37.6 Å². The number of aromatic nitrogens is 1. The van der Waals surface area contributed by atoms with Gasteiger partial charge in [-0.15, -0.1) is 0 Å². The molecular weight excluding hydrogens is 290 g/mol. The summed E-state index contributed by atoms with van der Waals surface area (Å²) in [6, 6.07) is 6.41. The number of anilines is 1. The first kappa shape index (κ1) is 12.1. The van der Waals surface area contributed by atoms with Crippen LogP contribution in [0.5, 0.6) is 0 Å². The van der Waals surface area contributed by atoms with E-state index in [2.05, 4.69) is 62.0 Å². The lowest BCUT2D eigenvalue weighted by atomic mass is 10.2. The summed E-state index contributed by atoms with van der Waals surface area (Å²) in [6.07, 6.45) is 2.14. The standard InChI is InChI=1S/C14H18BrN3/c1-2-17-5-7-18(8-6-17)14-10-16-13-4-3-11(15)9-12(13)14/h3-4,9-10,16H,2,5-8H2,1H3. The third kappa shape index (κ3) is 2.15. The van der Waals surface area contributed by atoms with Gasteiger partial charge in [0.05, 0.1) is 5.69 Å². The zero-order valence-corrected chi connectivity index (χ0v) is 12.2. The predicted octanol–water partition coefficient (Wildman–Crippen LogP) is 3.07. The number of benzene rings is 1. The normalized spacial score (nSPS) is 17.6. The summed E-state index contributed by atoms with van der Waals surface area (Å²) in [4.78, 5) is 8.35. The lowest BCUT2D eigenvalue weighted by molar-refractivity contribution is 0.271. The molecule has 0 atom stereocenters. The Kier molecular flexibility index (Phi) is 3.31. The molecule has 1 N–H and O–H groups in total. The number of hydrogen-bond acceptors (Lipinski definition) is 2. The Morgan fingerprint density at radius 1 is 1.22 bits per heavy atom. The van der Waals surface area contributed by atoms with Crippen LogP contribution in [0.1, 0.15) is 6.92 Å². The summed E-state index contributed by atoms with van der Waals surface area (Å²) in [7, 11) is 0. The minimum atomic E-state index is 1.12. The highest BCUT2D eigenvalue weighted by molar-refractivity contribution is 9.10. The number of fused-ring (bicyclic) bond motifs is 1. The first-order chi connectivity index (χ1) is 8.78. The van der Waals surface area contributed by atoms with Crippen molar-refractivity contribution < 1.29 is 0 Å². The first-order valence-electron chi connectivity index (χ1n) is 6.52. The zero-order chi connectivity index (χ0) is 12.5. The van der Waals surface area contributed by atoms with Gasteiger partial charge in [-0.25, -0.2) is 0 Å². The SMILES string of the molecule is CCN1CCN(c2c[nH]c3ccc(Br)cc23)CC1. The van der Waals surface area contributed by atoms with Gasteiger partial charge in [-0.1, -0.05) is 22.9 Å². The van der Waals surface area contributed by atoms with Crippen LogP contribution in [0.25, 0.3) is 10.9 Å². The number of rotatable bonds is 2. The highest BCUT2D eigenvalue weighted by Crippen LogP contribution is 2.29. The molecule has 3 nitrogen and oxygen atoms in total. The van der Waals surface area contributed by atoms with Crippen LogP contribution in [-0.4, -0.2) is 42.6 Å². The van der Waals surface area contributed by atoms with Gasteiger partial charge < -0.3 is 14.8 Å². The molecule has 0 saturated carbocycles. The highest BCUT2D eigenvalue weighted by atomic mass is 79.9. The Morgan fingerprint density at radius 3 is 2.72 bits per heavy atom. The van der Waals surface area contributed by atoms with E-state index in [4.69, 9.17) is 0 Å². The molecule has 1 aromatic carbocycles. The summed E-state index contributed by atoms with van der Waals surface area (Å²) in [5.74, 6) is 0. The number of H-pyrrole nitrogens is 1. The number of nitrogens with zero attached hydrogens (tertiary/aromatic N) is 2. The maximum atomic E-state index is 3.56. The van der Waals surface area contributed by atoms with Crippen LogP contribution in [0.3, 0.4) is 0 Å². The fourth-order valence-corrected chi connectivity index (χ4v) is 3.01. The molecule has 1 aliphatic rings. The topological polar surface area (TPSA) is 22.3 Å². The fraction of sp³-hybridized carbons (Fsp3) is 0.429. The summed E-state index contributed by atoms with van der Waals surface area (Å²) in [6.45, 7) is 7.96. The Balaban J connectivity index is 1.88. The largest absolute Gasteiger partial charge is 0.367 e. The highest BCUT2D eigenvalue weighted by Gasteiger charge is 2.18. The molecule has 2 heterocycles. The molecule has 1 fully saturated rings. The third-order valence-corrected chi connectivity index (χ3v) is 4.28. The molecule has 2 aromatic rings. The average molecular weight is 308 g/mol. The molecule has 0 aliphatic carbocycles. The summed E-state index contributed by atoms with van der Waals surface area (Å²) in [5.41, 5.74) is 2.55. The van der Waals surface area contributed by atoms with E-state index in [9.17, 15) is 0 Å². The van der Waals surface area contributed by atoms with Gasteiger partial charge >= 0.3 is 0 Å². The van der Waals surface area contributed by atoms with Crippen molar-refractivity contribution in [2.45, 2.75) is 6.92 Å². The summed E-state index contributed by atoms with van der Waals surface area (Å²) in [5, 5.41) is 1.31. The summed E-state index contributed by atoms with van der Waals surface area (Å²) < 4.78 is 1.14. The second kappa shape index (κ2) is 4.94. The van der Waals surface area contributed by atoms with Crippen LogP contribution in [0.2, 0.25) is 0 Å². The molecule has 0 radical (unpaired) electrons. The van der Waals surface area contributed by atoms with Crippen LogP contribution >= 0.6 is 15.9 Å². The number of likely N-dealkylation sites (N-methyl/N-ethyl adjacent to an activating group) is 1. The second-order valence-corrected chi connectivity index (χ2v) is 5.70. The molecule has 4 heteroatoms. The van der Waals surface area contributed by atoms with Crippen molar-refractivity contribution in [3.05, 3.63) is 28.9 Å². The van der Waals surface area contributed by atoms with E-state index in [0.29, 0.717) is 0 Å². The van der Waals surface area contributed by atoms with E-state index in [0.717, 1.165) is 37.2 Å². The lowest BCUT2D eigenvalue weighted by Gasteiger charge is -2.35. The van der Waals surface area contributed by atoms with Crippen molar-refractivity contribution in [2.24, 2.45) is 0 Å². The zero-order valence-electron chi connectivity index (χ0n) is 10.6. The average Bonchev–Trinajstić information content (AvgIpc) is 2.82. The molecule has 0 amide bonds. The van der Waals surface area contributed by atoms with E-state index >= 15 is 0 Å². The fourth-order valence-electron chi connectivity index (χ4n) is 2.64. The van der Waals surface area contributed by atoms with E-state index in [1.165, 1.54) is 16.6 Å². The van der Waals surface area contributed by atoms with Gasteiger partial charge in [-0.05, 0) is 24.7 Å². The number of aromatic amines is 1. The minimum absolute atomic E-state index is 1.12. The van der Waals surface area contributed by atoms with Crippen LogP contribution in [0, 0.1) is 0 Å². The number of nitrogens with one attached hydrogen (secondary N) is 1. The van der Waals surface area contributed by atoms with Crippen LogP contribution in [0.4, 0.5) is 5.69 Å². The quantitative estimate of drug-likeness (QED) is 0.921. The Morgan fingerprint density at radius 2 is 2.00 bits per heavy atom. The van der Waals surface area contributed by atoms with Gasteiger partial charge in [0.15, 0.2) is 0 Å². The molecule has 1 aromatic heterocycles. The molecule has 3 rings (SSSR count). The van der Waals surface area contributed by atoms with Crippen molar-refractivity contribution >= 4 is 32.5 Å². The second-order valence-electron chi connectivity index (χ2n) is 4.79. The Bertz CT molecular complexity index is 541. The van der Waals surface area contributed by atoms with Crippen LogP contribution < -0.4 is 4.90 Å². The van der Waals surface area contributed by atoms with Crippen molar-refractivity contribution in [3.63, 3.8) is 0 Å². The van der Waals surface area contributed by atoms with Crippen molar-refractivity contribution in [1.29, 1.82) is 0 Å². The molecule has 0 spiro atoms. The van der Waals surface area contributed by atoms with E-state index in [-0.39, 0.29) is 0 Å². The maximum absolute atomic E-state index is 3.56. The molecule has 96 valence electrons. The minimum Gasteiger partial charge on any atom is -0.367 e. The number of halogens is 1. The van der Waals surface area contributed by atoms with Crippen LogP contribution in [-0.2, 0) is 0 Å². The molecule has 1 aliphatic heterocycles.